The molecule has 0 aliphatic carbocycles. The number of amides is 2. The number of nitrogens with zero attached hydrogens (tertiary/aromatic N) is 1. The van der Waals surface area contributed by atoms with E-state index >= 15 is 0 Å². The van der Waals surface area contributed by atoms with Gasteiger partial charge in [-0.25, -0.2) is 0 Å². The van der Waals surface area contributed by atoms with Crippen LogP contribution in [0.2, 0.25) is 0 Å². The lowest BCUT2D eigenvalue weighted by Crippen LogP contribution is -2.40. The van der Waals surface area contributed by atoms with Gasteiger partial charge in [0.05, 0.1) is 0 Å². The largest absolute Gasteiger partial charge is 0.274 e. The fraction of sp³-hybridized carbons (Fsp3) is 0.250. The first-order valence-electron chi connectivity index (χ1n) is 6.83. The second-order valence-corrected chi connectivity index (χ2v) is 7.07. The predicted octanol–water partition coefficient (Wildman–Crippen LogP) is 4.60. The summed E-state index contributed by atoms with van der Waals surface area (Å²) in [7, 11) is 0. The Bertz CT molecular complexity index is 716. The third-order valence-electron chi connectivity index (χ3n) is 3.75. The summed E-state index contributed by atoms with van der Waals surface area (Å²) in [6.45, 7) is 2.53. The van der Waals surface area contributed by atoms with Crippen LogP contribution in [0.15, 0.2) is 28.7 Å². The number of carbonyl (C=O) groups excluding carboxylic acids is 2. The third-order valence-corrected chi connectivity index (χ3v) is 5.31. The van der Waals surface area contributed by atoms with Crippen molar-refractivity contribution in [2.75, 3.05) is 6.54 Å². The van der Waals surface area contributed by atoms with Crippen molar-refractivity contribution in [2.45, 2.75) is 19.8 Å². The number of halogens is 2. The van der Waals surface area contributed by atoms with E-state index in [2.05, 4.69) is 38.5 Å². The second kappa shape index (κ2) is 5.68. The zero-order valence-electron chi connectivity index (χ0n) is 11.5. The highest BCUT2D eigenvalue weighted by Crippen LogP contribution is 2.37. The zero-order chi connectivity index (χ0) is 15.1. The quantitative estimate of drug-likeness (QED) is 0.498. The molecule has 0 bridgehead atoms. The number of imide groups is 1. The Morgan fingerprint density at radius 3 is 2.29 bits per heavy atom. The monoisotopic (exact) mass is 457 g/mol. The molecular weight excluding hydrogens is 445 g/mol. The summed E-state index contributed by atoms with van der Waals surface area (Å²) < 4.78 is 1.94. The van der Waals surface area contributed by atoms with Gasteiger partial charge in [-0.1, -0.05) is 29.3 Å². The highest BCUT2D eigenvalue weighted by Gasteiger charge is 2.33. The lowest BCUT2D eigenvalue weighted by molar-refractivity contribution is 0.0608. The Morgan fingerprint density at radius 1 is 1.05 bits per heavy atom. The number of hydrogen-bond acceptors (Lipinski definition) is 2. The zero-order valence-corrected chi connectivity index (χ0v) is 15.2. The normalized spacial score (nSPS) is 14.1. The van der Waals surface area contributed by atoms with Crippen molar-refractivity contribution in [3.8, 4) is 0 Å². The molecule has 2 aromatic carbocycles. The molecule has 0 fully saturated rings. The molecule has 108 valence electrons. The van der Waals surface area contributed by atoms with Gasteiger partial charge >= 0.3 is 0 Å². The SMILES string of the molecule is CCCCN1C(=O)c2ccc(Br)c3c(I)ccc(c23)C1=O. The van der Waals surface area contributed by atoms with E-state index in [1.54, 1.807) is 6.07 Å². The van der Waals surface area contributed by atoms with Gasteiger partial charge in [-0.15, -0.1) is 0 Å². The molecule has 0 radical (unpaired) electrons. The average molecular weight is 458 g/mol. The van der Waals surface area contributed by atoms with Crippen LogP contribution in [0.4, 0.5) is 0 Å². The van der Waals surface area contributed by atoms with Crippen molar-refractivity contribution >= 4 is 61.1 Å². The van der Waals surface area contributed by atoms with Crippen LogP contribution in [-0.2, 0) is 0 Å². The van der Waals surface area contributed by atoms with E-state index in [0.717, 1.165) is 31.7 Å². The molecule has 0 spiro atoms. The minimum Gasteiger partial charge on any atom is -0.274 e. The van der Waals surface area contributed by atoms with Crippen molar-refractivity contribution in [3.05, 3.63) is 43.4 Å². The molecule has 1 heterocycles. The molecule has 21 heavy (non-hydrogen) atoms. The van der Waals surface area contributed by atoms with Crippen molar-refractivity contribution in [2.24, 2.45) is 0 Å². The molecular formula is C16H13BrINO2. The molecule has 3 rings (SSSR count). The van der Waals surface area contributed by atoms with Crippen molar-refractivity contribution in [3.63, 3.8) is 0 Å². The van der Waals surface area contributed by atoms with Crippen LogP contribution in [0.3, 0.4) is 0 Å². The topological polar surface area (TPSA) is 37.4 Å². The predicted molar refractivity (Wildman–Crippen MR) is 94.6 cm³/mol. The van der Waals surface area contributed by atoms with Crippen LogP contribution < -0.4 is 0 Å². The third kappa shape index (κ3) is 2.30. The first kappa shape index (κ1) is 15.0. The Kier molecular flexibility index (Phi) is 4.05. The van der Waals surface area contributed by atoms with Gasteiger partial charge < -0.3 is 0 Å². The highest BCUT2D eigenvalue weighted by atomic mass is 127. The van der Waals surface area contributed by atoms with Gasteiger partial charge in [0.1, 0.15) is 0 Å². The maximum Gasteiger partial charge on any atom is 0.261 e. The van der Waals surface area contributed by atoms with Crippen molar-refractivity contribution < 1.29 is 9.59 Å². The van der Waals surface area contributed by atoms with Gasteiger partial charge in [0, 0.05) is 36.5 Å². The molecule has 0 aromatic heterocycles. The first-order valence-corrected chi connectivity index (χ1v) is 8.70. The van der Waals surface area contributed by atoms with Crippen LogP contribution in [0, 0.1) is 3.57 Å². The summed E-state index contributed by atoms with van der Waals surface area (Å²) in [5.74, 6) is -0.360. The summed E-state index contributed by atoms with van der Waals surface area (Å²) in [6.07, 6.45) is 1.78. The Hall–Kier alpha value is -0.950. The first-order chi connectivity index (χ1) is 10.1. The molecule has 0 saturated carbocycles. The highest BCUT2D eigenvalue weighted by molar-refractivity contribution is 14.1. The van der Waals surface area contributed by atoms with Gasteiger partial charge in [0.2, 0.25) is 0 Å². The summed E-state index contributed by atoms with van der Waals surface area (Å²) in [5, 5.41) is 1.72. The van der Waals surface area contributed by atoms with Crippen LogP contribution in [0.5, 0.6) is 0 Å². The minimum absolute atomic E-state index is 0.180. The molecule has 1 aliphatic heterocycles. The molecule has 2 aromatic rings. The standard InChI is InChI=1S/C16H13BrINO2/c1-2-3-8-19-15(20)9-4-6-11(17)14-12(18)7-5-10(13(9)14)16(19)21/h4-7H,2-3,8H2,1H3. The lowest BCUT2D eigenvalue weighted by atomic mass is 9.94. The van der Waals surface area contributed by atoms with E-state index < -0.39 is 0 Å². The van der Waals surface area contributed by atoms with E-state index in [-0.39, 0.29) is 11.8 Å². The molecule has 1 aliphatic rings. The fourth-order valence-corrected chi connectivity index (χ4v) is 4.33. The molecule has 0 saturated heterocycles. The summed E-state index contributed by atoms with van der Waals surface area (Å²) in [6, 6.07) is 7.45. The van der Waals surface area contributed by atoms with Crippen molar-refractivity contribution in [1.82, 2.24) is 4.90 Å². The van der Waals surface area contributed by atoms with Crippen LogP contribution in [0.25, 0.3) is 10.8 Å². The lowest BCUT2D eigenvalue weighted by Gasteiger charge is -2.27. The molecule has 0 atom stereocenters. The molecule has 0 N–H and O–H groups in total. The van der Waals surface area contributed by atoms with Gasteiger partial charge in [0.15, 0.2) is 0 Å². The summed E-state index contributed by atoms with van der Waals surface area (Å²) in [4.78, 5) is 26.6. The number of unbranched alkanes of at least 4 members (excludes halogenated alkanes) is 1. The molecule has 0 unspecified atom stereocenters. The Morgan fingerprint density at radius 2 is 1.67 bits per heavy atom. The smallest absolute Gasteiger partial charge is 0.261 e. The summed E-state index contributed by atoms with van der Waals surface area (Å²) in [5.41, 5.74) is 1.25. The van der Waals surface area contributed by atoms with Crippen LogP contribution >= 0.6 is 38.5 Å². The van der Waals surface area contributed by atoms with Gasteiger partial charge in [-0.3, -0.25) is 14.5 Å². The van der Waals surface area contributed by atoms with Crippen LogP contribution in [0.1, 0.15) is 40.5 Å². The van der Waals surface area contributed by atoms with E-state index in [1.807, 2.05) is 25.1 Å². The van der Waals surface area contributed by atoms with Gasteiger partial charge in [0.25, 0.3) is 11.8 Å². The Labute approximate surface area is 145 Å². The van der Waals surface area contributed by atoms with Crippen molar-refractivity contribution in [1.29, 1.82) is 0 Å². The fourth-order valence-electron chi connectivity index (χ4n) is 2.67. The molecule has 3 nitrogen and oxygen atoms in total. The van der Waals surface area contributed by atoms with E-state index in [9.17, 15) is 9.59 Å². The van der Waals surface area contributed by atoms with Gasteiger partial charge in [-0.2, -0.15) is 0 Å². The number of benzene rings is 2. The second-order valence-electron chi connectivity index (χ2n) is 5.06. The van der Waals surface area contributed by atoms with E-state index in [4.69, 9.17) is 0 Å². The van der Waals surface area contributed by atoms with E-state index in [0.29, 0.717) is 17.7 Å². The number of carbonyl (C=O) groups is 2. The van der Waals surface area contributed by atoms with E-state index in [1.165, 1.54) is 4.90 Å². The maximum absolute atomic E-state index is 12.6. The van der Waals surface area contributed by atoms with Crippen LogP contribution in [-0.4, -0.2) is 23.3 Å². The Balaban J connectivity index is 2.28. The molecule has 2 amide bonds. The average Bonchev–Trinajstić information content (AvgIpc) is 2.46. The number of hydrogen-bond donors (Lipinski definition) is 0. The minimum atomic E-state index is -0.180. The summed E-state index contributed by atoms with van der Waals surface area (Å²) >= 11 is 5.76. The van der Waals surface area contributed by atoms with Gasteiger partial charge in [-0.05, 0) is 53.3 Å². The maximum atomic E-state index is 12.6. The number of rotatable bonds is 3. The molecule has 5 heteroatoms.